The lowest BCUT2D eigenvalue weighted by molar-refractivity contribution is -0.142. The Morgan fingerprint density at radius 3 is 2.50 bits per heavy atom. The van der Waals surface area contributed by atoms with Crippen LogP contribution in [-0.2, 0) is 9.59 Å². The molecule has 0 aromatic heterocycles. The molecule has 0 radical (unpaired) electrons. The van der Waals surface area contributed by atoms with Crippen LogP contribution in [0.25, 0.3) is 0 Å². The second kappa shape index (κ2) is 15.1. The minimum absolute atomic E-state index is 0.147. The highest BCUT2D eigenvalue weighted by molar-refractivity contribution is 5.77. The summed E-state index contributed by atoms with van der Waals surface area (Å²) in [6.07, 6.45) is 10.00. The van der Waals surface area contributed by atoms with Crippen LogP contribution in [0.2, 0.25) is 0 Å². The summed E-state index contributed by atoms with van der Waals surface area (Å²) in [6, 6.07) is 0. The minimum atomic E-state index is -1.24. The van der Waals surface area contributed by atoms with Crippen molar-refractivity contribution in [2.45, 2.75) is 58.1 Å². The summed E-state index contributed by atoms with van der Waals surface area (Å²) in [5, 5.41) is 29.8. The highest BCUT2D eigenvalue weighted by Crippen LogP contribution is 2.05. The fourth-order valence-corrected chi connectivity index (χ4v) is 2.21. The van der Waals surface area contributed by atoms with E-state index >= 15 is 0 Å². The molecule has 4 N–H and O–H groups in total. The van der Waals surface area contributed by atoms with Crippen molar-refractivity contribution in [2.75, 3.05) is 26.2 Å². The molecule has 140 valence electrons. The lowest BCUT2D eigenvalue weighted by Gasteiger charge is -2.24. The number of rotatable bonds is 15. The Hall–Kier alpha value is -1.44. The second-order valence-corrected chi connectivity index (χ2v) is 5.76. The van der Waals surface area contributed by atoms with E-state index in [2.05, 4.69) is 12.2 Å². The van der Waals surface area contributed by atoms with Crippen LogP contribution in [0.5, 0.6) is 0 Å². The fraction of sp³-hybridized carbons (Fsp3) is 0.765. The van der Waals surface area contributed by atoms with Gasteiger partial charge < -0.3 is 20.6 Å². The van der Waals surface area contributed by atoms with Gasteiger partial charge in [-0.25, -0.2) is 0 Å². The topological polar surface area (TPSA) is 110 Å². The van der Waals surface area contributed by atoms with Crippen LogP contribution in [0, 0.1) is 0 Å². The van der Waals surface area contributed by atoms with Crippen molar-refractivity contribution in [2.24, 2.45) is 0 Å². The number of carboxylic acids is 1. The molecule has 0 spiro atoms. The summed E-state index contributed by atoms with van der Waals surface area (Å²) in [6.45, 7) is 1.61. The number of aliphatic hydroxyl groups excluding tert-OH is 2. The molecule has 1 atom stereocenters. The Bertz CT molecular complexity index is 374. The number of nitrogens with zero attached hydrogens (tertiary/aromatic N) is 1. The molecule has 7 heteroatoms. The molecule has 0 aromatic carbocycles. The molecule has 0 bridgehead atoms. The predicted octanol–water partition coefficient (Wildman–Crippen LogP) is 1.11. The number of carbonyl (C=O) groups excluding carboxylic acids is 1. The molecule has 0 rings (SSSR count). The minimum Gasteiger partial charge on any atom is -0.480 e. The van der Waals surface area contributed by atoms with Gasteiger partial charge in [0.15, 0.2) is 0 Å². The summed E-state index contributed by atoms with van der Waals surface area (Å²) in [4.78, 5) is 23.5. The van der Waals surface area contributed by atoms with E-state index in [1.54, 1.807) is 0 Å². The first-order valence-electron chi connectivity index (χ1n) is 8.67. The summed E-state index contributed by atoms with van der Waals surface area (Å²) in [7, 11) is 0. The third kappa shape index (κ3) is 13.0. The lowest BCUT2D eigenvalue weighted by Crippen LogP contribution is -2.45. The molecule has 7 nitrogen and oxygen atoms in total. The Labute approximate surface area is 144 Å². The molecule has 0 fully saturated rings. The maximum atomic E-state index is 11.7. The summed E-state index contributed by atoms with van der Waals surface area (Å²) in [5.41, 5.74) is 0. The van der Waals surface area contributed by atoms with E-state index in [0.29, 0.717) is 0 Å². The van der Waals surface area contributed by atoms with Gasteiger partial charge in [-0.1, -0.05) is 44.8 Å². The summed E-state index contributed by atoms with van der Waals surface area (Å²) in [5.74, 6) is -1.25. The normalized spacial score (nSPS) is 12.7. The number of amides is 1. The van der Waals surface area contributed by atoms with E-state index in [1.807, 2.05) is 12.2 Å². The first-order chi connectivity index (χ1) is 11.5. The van der Waals surface area contributed by atoms with E-state index in [0.717, 1.165) is 12.8 Å². The van der Waals surface area contributed by atoms with Crippen LogP contribution in [0.15, 0.2) is 12.2 Å². The van der Waals surface area contributed by atoms with Gasteiger partial charge in [0.05, 0.1) is 13.2 Å². The van der Waals surface area contributed by atoms with Crippen LogP contribution in [0.4, 0.5) is 0 Å². The highest BCUT2D eigenvalue weighted by atomic mass is 16.4. The molecular weight excluding hydrogens is 312 g/mol. The Kier molecular flexibility index (Phi) is 14.2. The molecule has 0 saturated carbocycles. The SMILES string of the molecule is CCCCCCC/C=C/CC(=O)NCCN(CC(=O)O)C(O)CO. The molecule has 0 aromatic rings. The van der Waals surface area contributed by atoms with Gasteiger partial charge in [-0.3, -0.25) is 14.5 Å². The van der Waals surface area contributed by atoms with E-state index < -0.39 is 25.3 Å². The van der Waals surface area contributed by atoms with Crippen LogP contribution in [-0.4, -0.2) is 64.6 Å². The van der Waals surface area contributed by atoms with Crippen molar-refractivity contribution < 1.29 is 24.9 Å². The van der Waals surface area contributed by atoms with Crippen molar-refractivity contribution in [3.63, 3.8) is 0 Å². The molecule has 0 saturated heterocycles. The Morgan fingerprint density at radius 2 is 1.88 bits per heavy atom. The fourth-order valence-electron chi connectivity index (χ4n) is 2.21. The number of allylic oxidation sites excluding steroid dienone is 1. The van der Waals surface area contributed by atoms with Crippen molar-refractivity contribution in [3.8, 4) is 0 Å². The van der Waals surface area contributed by atoms with Gasteiger partial charge >= 0.3 is 5.97 Å². The molecule has 1 amide bonds. The number of carboxylic acid groups (broad SMARTS) is 1. The van der Waals surface area contributed by atoms with Crippen LogP contribution in [0.1, 0.15) is 51.9 Å². The molecule has 0 heterocycles. The zero-order valence-corrected chi connectivity index (χ0v) is 14.6. The van der Waals surface area contributed by atoms with Gasteiger partial charge in [-0.2, -0.15) is 0 Å². The van der Waals surface area contributed by atoms with Crippen LogP contribution in [0.3, 0.4) is 0 Å². The first kappa shape index (κ1) is 22.6. The quantitative estimate of drug-likeness (QED) is 0.201. The summed E-state index contributed by atoms with van der Waals surface area (Å²) >= 11 is 0. The molecular formula is C17H32N2O5. The maximum Gasteiger partial charge on any atom is 0.317 e. The Balaban J connectivity index is 3.81. The predicted molar refractivity (Wildman–Crippen MR) is 92.4 cm³/mol. The third-order valence-electron chi connectivity index (χ3n) is 3.59. The second-order valence-electron chi connectivity index (χ2n) is 5.76. The zero-order valence-electron chi connectivity index (χ0n) is 14.6. The van der Waals surface area contributed by atoms with Crippen LogP contribution >= 0.6 is 0 Å². The van der Waals surface area contributed by atoms with Gasteiger partial charge in [-0.15, -0.1) is 0 Å². The molecule has 0 aliphatic heterocycles. The van der Waals surface area contributed by atoms with E-state index in [9.17, 15) is 14.7 Å². The molecule has 24 heavy (non-hydrogen) atoms. The number of carbonyl (C=O) groups is 2. The third-order valence-corrected chi connectivity index (χ3v) is 3.59. The number of hydrogen-bond donors (Lipinski definition) is 4. The van der Waals surface area contributed by atoms with Crippen molar-refractivity contribution in [1.82, 2.24) is 10.2 Å². The zero-order chi connectivity index (χ0) is 18.2. The lowest BCUT2D eigenvalue weighted by atomic mass is 10.1. The maximum absolute atomic E-state index is 11.7. The number of aliphatic carboxylic acids is 1. The molecule has 0 aliphatic rings. The number of aliphatic hydroxyl groups is 2. The largest absolute Gasteiger partial charge is 0.480 e. The number of hydrogen-bond acceptors (Lipinski definition) is 5. The number of unbranched alkanes of at least 4 members (excludes halogenated alkanes) is 5. The van der Waals surface area contributed by atoms with Crippen LogP contribution < -0.4 is 5.32 Å². The van der Waals surface area contributed by atoms with Gasteiger partial charge in [0, 0.05) is 19.5 Å². The van der Waals surface area contributed by atoms with Gasteiger partial charge in [0.1, 0.15) is 6.23 Å². The Morgan fingerprint density at radius 1 is 1.17 bits per heavy atom. The van der Waals surface area contributed by atoms with Crippen molar-refractivity contribution in [3.05, 3.63) is 12.2 Å². The molecule has 0 aliphatic carbocycles. The van der Waals surface area contributed by atoms with E-state index in [-0.39, 0.29) is 25.4 Å². The monoisotopic (exact) mass is 344 g/mol. The average Bonchev–Trinajstić information content (AvgIpc) is 2.55. The first-order valence-corrected chi connectivity index (χ1v) is 8.67. The van der Waals surface area contributed by atoms with Gasteiger partial charge in [0.2, 0.25) is 5.91 Å². The van der Waals surface area contributed by atoms with E-state index in [4.69, 9.17) is 10.2 Å². The number of nitrogens with one attached hydrogen (secondary N) is 1. The molecule has 1 unspecified atom stereocenters. The van der Waals surface area contributed by atoms with Crippen molar-refractivity contribution in [1.29, 1.82) is 0 Å². The van der Waals surface area contributed by atoms with Gasteiger partial charge in [0.25, 0.3) is 0 Å². The standard InChI is InChI=1S/C17H32N2O5/c1-2-3-4-5-6-7-8-9-10-15(21)18-11-12-19(13-17(23)24)16(22)14-20/h8-9,16,20,22H,2-7,10-14H2,1H3,(H,18,21)(H,23,24)/b9-8+. The summed E-state index contributed by atoms with van der Waals surface area (Å²) < 4.78 is 0. The average molecular weight is 344 g/mol. The van der Waals surface area contributed by atoms with Crippen molar-refractivity contribution >= 4 is 11.9 Å². The highest BCUT2D eigenvalue weighted by Gasteiger charge is 2.17. The van der Waals surface area contributed by atoms with Gasteiger partial charge in [-0.05, 0) is 12.8 Å². The smallest absolute Gasteiger partial charge is 0.317 e. The van der Waals surface area contributed by atoms with E-state index in [1.165, 1.54) is 30.6 Å².